The zero-order chi connectivity index (χ0) is 23.8. The number of carbonyl (C=O) groups is 1. The monoisotopic (exact) mass is 464 g/mol. The van der Waals surface area contributed by atoms with Crippen LogP contribution in [0.3, 0.4) is 0 Å². The third-order valence-electron chi connectivity index (χ3n) is 7.18. The molecule has 33 heavy (non-hydrogen) atoms. The van der Waals surface area contributed by atoms with Crippen LogP contribution in [0, 0.1) is 5.92 Å². The molecular formula is C24H36N2O7. The molecule has 2 aliphatic heterocycles. The van der Waals surface area contributed by atoms with E-state index < -0.39 is 36.4 Å². The smallest absolute Gasteiger partial charge is 0.239 e. The summed E-state index contributed by atoms with van der Waals surface area (Å²) >= 11 is 0. The van der Waals surface area contributed by atoms with Crippen molar-refractivity contribution in [3.05, 3.63) is 29.8 Å². The molecule has 3 unspecified atom stereocenters. The van der Waals surface area contributed by atoms with Crippen molar-refractivity contribution in [2.75, 3.05) is 14.2 Å². The Morgan fingerprint density at radius 3 is 2.79 bits per heavy atom. The predicted octanol–water partition coefficient (Wildman–Crippen LogP) is 0.709. The molecular weight excluding hydrogens is 428 g/mol. The summed E-state index contributed by atoms with van der Waals surface area (Å²) in [5, 5.41) is 28.5. The fourth-order valence-electron chi connectivity index (χ4n) is 5.36. The van der Waals surface area contributed by atoms with Gasteiger partial charge in [-0.1, -0.05) is 25.5 Å². The number of fused-ring (bicyclic) bond motifs is 2. The van der Waals surface area contributed by atoms with Gasteiger partial charge in [0.05, 0.1) is 43.9 Å². The molecule has 3 fully saturated rings. The minimum Gasteiger partial charge on any atom is -0.497 e. The summed E-state index contributed by atoms with van der Waals surface area (Å²) in [6, 6.07) is 6.16. The summed E-state index contributed by atoms with van der Waals surface area (Å²) in [4.78, 5) is 12.9. The second-order valence-corrected chi connectivity index (χ2v) is 9.38. The van der Waals surface area contributed by atoms with Gasteiger partial charge in [-0.2, -0.15) is 0 Å². The average Bonchev–Trinajstić information content (AvgIpc) is 2.78. The van der Waals surface area contributed by atoms with Crippen LogP contribution in [0.2, 0.25) is 0 Å². The Labute approximate surface area is 194 Å². The molecule has 1 aromatic rings. The number of ether oxygens (including phenoxy) is 4. The van der Waals surface area contributed by atoms with Gasteiger partial charge in [-0.15, -0.1) is 0 Å². The van der Waals surface area contributed by atoms with E-state index in [0.717, 1.165) is 12.0 Å². The third-order valence-corrected chi connectivity index (χ3v) is 7.18. The number of hydrogen-bond donors (Lipinski definition) is 4. The standard InChI is InChI=1S/C24H36N2O7/c1-5-15-12-17-22(20(25-3)21(15)28)33-24(29)18(9-13(2)31-23(24)32-17)26-19(27)11-14-7-6-8-16(10-14)30-4/h6-8,10,13,15,17-18,20-23,25,28-29H,5,9,11-12H2,1-4H3,(H,26,27)/t13-,15+,17?,18-,20+,21+,22?,23?,24+/m1/s1. The van der Waals surface area contributed by atoms with E-state index in [9.17, 15) is 15.0 Å². The summed E-state index contributed by atoms with van der Waals surface area (Å²) in [5.74, 6) is -1.39. The highest BCUT2D eigenvalue weighted by molar-refractivity contribution is 5.79. The first-order valence-corrected chi connectivity index (χ1v) is 11.8. The minimum atomic E-state index is -1.87. The summed E-state index contributed by atoms with van der Waals surface area (Å²) in [6.45, 7) is 3.92. The van der Waals surface area contributed by atoms with E-state index in [1.165, 1.54) is 0 Å². The van der Waals surface area contributed by atoms with Gasteiger partial charge in [0.25, 0.3) is 0 Å². The van der Waals surface area contributed by atoms with Crippen molar-refractivity contribution in [2.24, 2.45) is 5.92 Å². The molecule has 0 spiro atoms. The van der Waals surface area contributed by atoms with E-state index in [1.54, 1.807) is 20.2 Å². The van der Waals surface area contributed by atoms with Crippen LogP contribution < -0.4 is 15.4 Å². The van der Waals surface area contributed by atoms with Gasteiger partial charge in [-0.3, -0.25) is 4.79 Å². The molecule has 1 aliphatic carbocycles. The van der Waals surface area contributed by atoms with E-state index in [0.29, 0.717) is 18.6 Å². The molecule has 0 radical (unpaired) electrons. The number of hydrogen-bond acceptors (Lipinski definition) is 8. The maximum absolute atomic E-state index is 12.9. The molecule has 0 bridgehead atoms. The number of benzene rings is 1. The van der Waals surface area contributed by atoms with E-state index in [2.05, 4.69) is 10.6 Å². The van der Waals surface area contributed by atoms with Crippen molar-refractivity contribution in [3.8, 4) is 5.75 Å². The topological polar surface area (TPSA) is 119 Å². The van der Waals surface area contributed by atoms with Crippen LogP contribution in [0.1, 0.15) is 38.7 Å². The lowest BCUT2D eigenvalue weighted by Gasteiger charge is -2.57. The Bertz CT molecular complexity index is 839. The summed E-state index contributed by atoms with van der Waals surface area (Å²) in [5.41, 5.74) is 0.799. The Hall–Kier alpha value is -1.75. The van der Waals surface area contributed by atoms with Gasteiger partial charge >= 0.3 is 0 Å². The van der Waals surface area contributed by atoms with Crippen LogP contribution in [0.15, 0.2) is 24.3 Å². The first-order chi connectivity index (χ1) is 15.8. The minimum absolute atomic E-state index is 0.0536. The van der Waals surface area contributed by atoms with Crippen LogP contribution in [0.5, 0.6) is 5.75 Å². The lowest BCUT2D eigenvalue weighted by Crippen LogP contribution is -2.75. The summed E-state index contributed by atoms with van der Waals surface area (Å²) < 4.78 is 23.6. The van der Waals surface area contributed by atoms with Gasteiger partial charge in [-0.25, -0.2) is 0 Å². The highest BCUT2D eigenvalue weighted by Gasteiger charge is 2.61. The van der Waals surface area contributed by atoms with Crippen molar-refractivity contribution in [1.29, 1.82) is 0 Å². The van der Waals surface area contributed by atoms with Crippen LogP contribution >= 0.6 is 0 Å². The third kappa shape index (κ3) is 4.76. The lowest BCUT2D eigenvalue weighted by molar-refractivity contribution is -0.443. The van der Waals surface area contributed by atoms with Gasteiger partial charge in [-0.05, 0) is 50.4 Å². The normalized spacial score (nSPS) is 40.4. The van der Waals surface area contributed by atoms with Crippen molar-refractivity contribution in [1.82, 2.24) is 10.6 Å². The Balaban J connectivity index is 1.52. The molecule has 184 valence electrons. The van der Waals surface area contributed by atoms with Crippen molar-refractivity contribution in [2.45, 2.75) is 88.1 Å². The van der Waals surface area contributed by atoms with Gasteiger partial charge in [0.2, 0.25) is 18.0 Å². The van der Waals surface area contributed by atoms with Gasteiger partial charge in [0.1, 0.15) is 11.9 Å². The molecule has 9 atom stereocenters. The Morgan fingerprint density at radius 2 is 2.09 bits per heavy atom. The Morgan fingerprint density at radius 1 is 1.30 bits per heavy atom. The number of rotatable bonds is 6. The van der Waals surface area contributed by atoms with E-state index in [4.69, 9.17) is 18.9 Å². The van der Waals surface area contributed by atoms with Crippen LogP contribution in [-0.2, 0) is 25.4 Å². The maximum atomic E-state index is 12.9. The van der Waals surface area contributed by atoms with Crippen molar-refractivity contribution < 1.29 is 34.0 Å². The molecule has 9 nitrogen and oxygen atoms in total. The molecule has 0 aromatic heterocycles. The fraction of sp³-hybridized carbons (Fsp3) is 0.708. The zero-order valence-corrected chi connectivity index (χ0v) is 19.7. The van der Waals surface area contributed by atoms with Gasteiger partial charge in [0, 0.05) is 0 Å². The van der Waals surface area contributed by atoms with Crippen LogP contribution in [0.25, 0.3) is 0 Å². The number of likely N-dealkylation sites (N-methyl/N-ethyl adjacent to an activating group) is 1. The first kappa shape index (κ1) is 24.4. The first-order valence-electron chi connectivity index (χ1n) is 11.8. The average molecular weight is 465 g/mol. The maximum Gasteiger partial charge on any atom is 0.239 e. The van der Waals surface area contributed by atoms with E-state index in [1.807, 2.05) is 32.0 Å². The SMILES string of the molecule is CC[C@H]1CC2OC3O[C@H](C)C[C@@H](NC(=O)Cc4cccc(OC)c4)[C@]3(O)OC2[C@@H](NC)[C@H]1O. The number of aliphatic hydroxyl groups excluding tert-OH is 1. The second-order valence-electron chi connectivity index (χ2n) is 9.38. The number of methoxy groups -OCH3 is 1. The van der Waals surface area contributed by atoms with E-state index >= 15 is 0 Å². The number of aliphatic hydroxyl groups is 2. The summed E-state index contributed by atoms with van der Waals surface area (Å²) in [7, 11) is 3.34. The molecule has 4 N–H and O–H groups in total. The number of nitrogens with one attached hydrogen (secondary N) is 2. The molecule has 2 saturated heterocycles. The molecule has 4 rings (SSSR count). The predicted molar refractivity (Wildman–Crippen MR) is 120 cm³/mol. The van der Waals surface area contributed by atoms with E-state index in [-0.39, 0.29) is 30.5 Å². The highest BCUT2D eigenvalue weighted by atomic mass is 16.8. The zero-order valence-electron chi connectivity index (χ0n) is 19.7. The van der Waals surface area contributed by atoms with Gasteiger partial charge in [0.15, 0.2) is 0 Å². The quantitative estimate of drug-likeness (QED) is 0.486. The van der Waals surface area contributed by atoms with Gasteiger partial charge < -0.3 is 39.8 Å². The van der Waals surface area contributed by atoms with Crippen molar-refractivity contribution >= 4 is 5.91 Å². The number of amides is 1. The molecule has 1 saturated carbocycles. The largest absolute Gasteiger partial charge is 0.497 e. The number of carbonyl (C=O) groups excluding carboxylic acids is 1. The summed E-state index contributed by atoms with van der Waals surface area (Å²) in [6.07, 6.45) is -0.908. The highest BCUT2D eigenvalue weighted by Crippen LogP contribution is 2.43. The van der Waals surface area contributed by atoms with Crippen LogP contribution in [0.4, 0.5) is 0 Å². The molecule has 2 heterocycles. The van der Waals surface area contributed by atoms with Crippen LogP contribution in [-0.4, -0.2) is 78.9 Å². The van der Waals surface area contributed by atoms with Crippen molar-refractivity contribution in [3.63, 3.8) is 0 Å². The molecule has 9 heteroatoms. The fourth-order valence-corrected chi connectivity index (χ4v) is 5.36. The Kier molecular flexibility index (Phi) is 7.28. The molecule has 3 aliphatic rings. The molecule has 1 amide bonds. The lowest BCUT2D eigenvalue weighted by atomic mass is 9.77. The molecule has 1 aromatic carbocycles. The second kappa shape index (κ2) is 9.85.